The Morgan fingerprint density at radius 2 is 2.00 bits per heavy atom. The molecular formula is C18H21FN2O2. The summed E-state index contributed by atoms with van der Waals surface area (Å²) in [6.07, 6.45) is 3.85. The number of oxazole rings is 1. The van der Waals surface area contributed by atoms with Crippen molar-refractivity contribution in [3.63, 3.8) is 0 Å². The average Bonchev–Trinajstić information content (AvgIpc) is 3.13. The molecule has 0 unspecified atom stereocenters. The van der Waals surface area contributed by atoms with Crippen molar-refractivity contribution in [2.45, 2.75) is 44.9 Å². The highest BCUT2D eigenvalue weighted by molar-refractivity contribution is 5.92. The predicted molar refractivity (Wildman–Crippen MR) is 84.9 cm³/mol. The van der Waals surface area contributed by atoms with Crippen LogP contribution in [0.2, 0.25) is 0 Å². The molecule has 1 aromatic heterocycles. The van der Waals surface area contributed by atoms with E-state index in [1.54, 1.807) is 19.9 Å². The molecule has 0 bridgehead atoms. The van der Waals surface area contributed by atoms with Crippen LogP contribution in [0.25, 0.3) is 0 Å². The van der Waals surface area contributed by atoms with Gasteiger partial charge in [0.05, 0.1) is 5.69 Å². The Kier molecular flexibility index (Phi) is 4.20. The molecule has 3 rings (SSSR count). The lowest BCUT2D eigenvalue weighted by Gasteiger charge is -2.30. The molecule has 0 radical (unpaired) electrons. The number of halogens is 1. The molecule has 1 aromatic carbocycles. The van der Waals surface area contributed by atoms with Crippen LogP contribution in [0.5, 0.6) is 0 Å². The second-order valence-corrected chi connectivity index (χ2v) is 6.30. The minimum absolute atomic E-state index is 0.199. The van der Waals surface area contributed by atoms with E-state index in [1.807, 2.05) is 12.1 Å². The molecule has 122 valence electrons. The van der Waals surface area contributed by atoms with Crippen LogP contribution in [0.1, 0.15) is 53.4 Å². The highest BCUT2D eigenvalue weighted by Crippen LogP contribution is 2.41. The van der Waals surface area contributed by atoms with Crippen molar-refractivity contribution in [1.29, 1.82) is 0 Å². The van der Waals surface area contributed by atoms with Crippen molar-refractivity contribution in [3.05, 3.63) is 53.0 Å². The van der Waals surface area contributed by atoms with Crippen molar-refractivity contribution >= 4 is 5.91 Å². The van der Waals surface area contributed by atoms with Gasteiger partial charge >= 0.3 is 0 Å². The smallest absolute Gasteiger partial charge is 0.289 e. The number of nitrogens with one attached hydrogen (secondary N) is 1. The summed E-state index contributed by atoms with van der Waals surface area (Å²) in [7, 11) is 0. The second kappa shape index (κ2) is 6.14. The van der Waals surface area contributed by atoms with Crippen molar-refractivity contribution in [2.24, 2.45) is 0 Å². The van der Waals surface area contributed by atoms with Crippen LogP contribution in [0.15, 0.2) is 28.7 Å². The summed E-state index contributed by atoms with van der Waals surface area (Å²) in [5.74, 6) is 0.225. The quantitative estimate of drug-likeness (QED) is 0.936. The Bertz CT molecular complexity index is 718. The Balaban J connectivity index is 1.80. The van der Waals surface area contributed by atoms with E-state index in [4.69, 9.17) is 4.42 Å². The fourth-order valence-electron chi connectivity index (χ4n) is 3.56. The monoisotopic (exact) mass is 316 g/mol. The fourth-order valence-corrected chi connectivity index (χ4v) is 3.56. The first-order chi connectivity index (χ1) is 11.0. The number of nitrogens with zero attached hydrogens (tertiary/aromatic N) is 1. The highest BCUT2D eigenvalue weighted by Gasteiger charge is 2.38. The van der Waals surface area contributed by atoms with Crippen LogP contribution >= 0.6 is 0 Å². The maximum absolute atomic E-state index is 14.3. The van der Waals surface area contributed by atoms with Crippen molar-refractivity contribution in [2.75, 3.05) is 6.54 Å². The highest BCUT2D eigenvalue weighted by atomic mass is 19.1. The van der Waals surface area contributed by atoms with Gasteiger partial charge < -0.3 is 9.73 Å². The zero-order valence-electron chi connectivity index (χ0n) is 13.5. The molecule has 1 heterocycles. The first-order valence-electron chi connectivity index (χ1n) is 7.99. The van der Waals surface area contributed by atoms with Crippen LogP contribution in [0, 0.1) is 19.7 Å². The second-order valence-electron chi connectivity index (χ2n) is 6.30. The summed E-state index contributed by atoms with van der Waals surface area (Å²) >= 11 is 0. The molecule has 0 spiro atoms. The largest absolute Gasteiger partial charge is 0.436 e. The van der Waals surface area contributed by atoms with Gasteiger partial charge in [0.2, 0.25) is 5.76 Å². The number of aryl methyl sites for hydroxylation is 2. The lowest BCUT2D eigenvalue weighted by Crippen LogP contribution is -2.39. The van der Waals surface area contributed by atoms with Gasteiger partial charge in [0.25, 0.3) is 5.91 Å². The van der Waals surface area contributed by atoms with Crippen LogP contribution in [0.3, 0.4) is 0 Å². The summed E-state index contributed by atoms with van der Waals surface area (Å²) in [6.45, 7) is 3.86. The van der Waals surface area contributed by atoms with Gasteiger partial charge in [0, 0.05) is 18.9 Å². The van der Waals surface area contributed by atoms with Crippen molar-refractivity contribution in [3.8, 4) is 0 Å². The van der Waals surface area contributed by atoms with Gasteiger partial charge in [0.15, 0.2) is 5.89 Å². The minimum Gasteiger partial charge on any atom is -0.436 e. The number of benzene rings is 1. The molecule has 1 amide bonds. The molecule has 1 N–H and O–H groups in total. The molecule has 2 aromatic rings. The van der Waals surface area contributed by atoms with Crippen LogP contribution < -0.4 is 5.32 Å². The van der Waals surface area contributed by atoms with E-state index in [0.29, 0.717) is 23.7 Å². The maximum Gasteiger partial charge on any atom is 0.289 e. The summed E-state index contributed by atoms with van der Waals surface area (Å²) in [5, 5.41) is 2.92. The van der Waals surface area contributed by atoms with E-state index >= 15 is 0 Å². The molecule has 1 aliphatic carbocycles. The molecule has 1 saturated carbocycles. The predicted octanol–water partition coefficient (Wildman–Crippen LogP) is 3.67. The van der Waals surface area contributed by atoms with Crippen LogP contribution in [0.4, 0.5) is 4.39 Å². The third-order valence-corrected chi connectivity index (χ3v) is 4.70. The third-order valence-electron chi connectivity index (χ3n) is 4.70. The molecular weight excluding hydrogens is 295 g/mol. The molecule has 0 aliphatic heterocycles. The number of hydrogen-bond donors (Lipinski definition) is 1. The van der Waals surface area contributed by atoms with E-state index in [0.717, 1.165) is 25.7 Å². The third kappa shape index (κ3) is 3.00. The first kappa shape index (κ1) is 15.7. The molecule has 23 heavy (non-hydrogen) atoms. The molecule has 0 atom stereocenters. The van der Waals surface area contributed by atoms with Gasteiger partial charge in [-0.2, -0.15) is 0 Å². The summed E-state index contributed by atoms with van der Waals surface area (Å²) in [5.41, 5.74) is 0.943. The topological polar surface area (TPSA) is 55.1 Å². The van der Waals surface area contributed by atoms with Gasteiger partial charge in [-0.05, 0) is 31.4 Å². The Labute approximate surface area is 135 Å². The number of carbonyl (C=O) groups is 1. The molecule has 1 aliphatic rings. The lowest BCUT2D eigenvalue weighted by molar-refractivity contribution is 0.0912. The average molecular weight is 316 g/mol. The standard InChI is InChI=1S/C18H21FN2O2/c1-12-16(23-13(2)21-12)17(22)20-11-18(9-5-6-10-18)14-7-3-4-8-15(14)19/h3-4,7-8H,5-6,9-11H2,1-2H3,(H,20,22). The summed E-state index contributed by atoms with van der Waals surface area (Å²) < 4.78 is 19.6. The molecule has 0 saturated heterocycles. The number of rotatable bonds is 4. The fraction of sp³-hybridized carbons (Fsp3) is 0.444. The molecule has 5 heteroatoms. The Hall–Kier alpha value is -2.17. The maximum atomic E-state index is 14.3. The van der Waals surface area contributed by atoms with Gasteiger partial charge in [-0.3, -0.25) is 4.79 Å². The van der Waals surface area contributed by atoms with Gasteiger partial charge in [-0.1, -0.05) is 31.0 Å². The van der Waals surface area contributed by atoms with Gasteiger partial charge in [-0.15, -0.1) is 0 Å². The van der Waals surface area contributed by atoms with E-state index < -0.39 is 0 Å². The Morgan fingerprint density at radius 1 is 1.30 bits per heavy atom. The zero-order chi connectivity index (χ0) is 16.4. The van der Waals surface area contributed by atoms with E-state index in [-0.39, 0.29) is 22.9 Å². The molecule has 1 fully saturated rings. The zero-order valence-corrected chi connectivity index (χ0v) is 13.5. The minimum atomic E-state index is -0.329. The summed E-state index contributed by atoms with van der Waals surface area (Å²) in [6, 6.07) is 6.86. The normalized spacial score (nSPS) is 16.5. The number of hydrogen-bond acceptors (Lipinski definition) is 3. The lowest BCUT2D eigenvalue weighted by atomic mass is 9.78. The van der Waals surface area contributed by atoms with Gasteiger partial charge in [-0.25, -0.2) is 9.37 Å². The van der Waals surface area contributed by atoms with E-state index in [1.165, 1.54) is 6.07 Å². The van der Waals surface area contributed by atoms with Gasteiger partial charge in [0.1, 0.15) is 5.82 Å². The first-order valence-corrected chi connectivity index (χ1v) is 7.99. The van der Waals surface area contributed by atoms with Crippen molar-refractivity contribution < 1.29 is 13.6 Å². The SMILES string of the molecule is Cc1nc(C)c(C(=O)NCC2(c3ccccc3F)CCCC2)o1. The van der Waals surface area contributed by atoms with Crippen LogP contribution in [-0.2, 0) is 5.41 Å². The summed E-state index contributed by atoms with van der Waals surface area (Å²) in [4.78, 5) is 16.5. The number of amides is 1. The van der Waals surface area contributed by atoms with E-state index in [2.05, 4.69) is 10.3 Å². The number of aromatic nitrogens is 1. The van der Waals surface area contributed by atoms with Crippen molar-refractivity contribution in [1.82, 2.24) is 10.3 Å². The van der Waals surface area contributed by atoms with E-state index in [9.17, 15) is 9.18 Å². The van der Waals surface area contributed by atoms with Crippen LogP contribution in [-0.4, -0.2) is 17.4 Å². The number of carbonyl (C=O) groups excluding carboxylic acids is 1. The molecule has 4 nitrogen and oxygen atoms in total. The Morgan fingerprint density at radius 3 is 2.61 bits per heavy atom.